The first-order valence-corrected chi connectivity index (χ1v) is 8.63. The molecule has 1 saturated heterocycles. The van der Waals surface area contributed by atoms with Crippen molar-refractivity contribution >= 4 is 32.4 Å². The lowest BCUT2D eigenvalue weighted by Gasteiger charge is -2.14. The zero-order valence-electron chi connectivity index (χ0n) is 9.54. The second kappa shape index (κ2) is 5.24. The predicted octanol–water partition coefficient (Wildman–Crippen LogP) is 2.44. The highest BCUT2D eigenvalue weighted by Gasteiger charge is 2.41. The summed E-state index contributed by atoms with van der Waals surface area (Å²) in [4.78, 5) is 0.398. The Morgan fingerprint density at radius 3 is 2.53 bits per heavy atom. The quantitative estimate of drug-likeness (QED) is 0.610. The molecule has 1 aliphatic rings. The van der Waals surface area contributed by atoms with E-state index in [4.69, 9.17) is 4.74 Å². The molecule has 0 saturated carbocycles. The minimum Gasteiger partial charge on any atom is -0.373 e. The van der Waals surface area contributed by atoms with Gasteiger partial charge in [-0.3, -0.25) is 0 Å². The van der Waals surface area contributed by atoms with Crippen LogP contribution in [0.5, 0.6) is 0 Å². The Hall–Kier alpha value is -0.140. The molecule has 0 aromatic heterocycles. The lowest BCUT2D eigenvalue weighted by molar-refractivity contribution is 0.0722. The van der Waals surface area contributed by atoms with Gasteiger partial charge < -0.3 is 4.74 Å². The fraction of sp³-hybridized carbons (Fsp3) is 0.500. The number of sulfone groups is 1. The van der Waals surface area contributed by atoms with Crippen molar-refractivity contribution in [2.75, 3.05) is 4.43 Å². The summed E-state index contributed by atoms with van der Waals surface area (Å²) in [6, 6.07) is 8.63. The van der Waals surface area contributed by atoms with Gasteiger partial charge in [0.25, 0.3) is 0 Å². The van der Waals surface area contributed by atoms with Crippen LogP contribution >= 0.6 is 22.6 Å². The molecular weight excluding hydrogens is 351 g/mol. The van der Waals surface area contributed by atoms with Gasteiger partial charge in [0.05, 0.1) is 22.4 Å². The predicted molar refractivity (Wildman–Crippen MR) is 75.3 cm³/mol. The van der Waals surface area contributed by atoms with Crippen molar-refractivity contribution in [3.05, 3.63) is 30.3 Å². The number of alkyl halides is 1. The molecule has 0 spiro atoms. The average Bonchev–Trinajstić information content (AvgIpc) is 2.72. The van der Waals surface area contributed by atoms with E-state index < -0.39 is 15.1 Å². The minimum absolute atomic E-state index is 0.0640. The first-order chi connectivity index (χ1) is 8.05. The normalized spacial score (nSPS) is 29.4. The van der Waals surface area contributed by atoms with Crippen molar-refractivity contribution in [2.45, 2.75) is 35.7 Å². The van der Waals surface area contributed by atoms with E-state index in [0.29, 0.717) is 11.3 Å². The van der Waals surface area contributed by atoms with Gasteiger partial charge in [0.1, 0.15) is 0 Å². The third kappa shape index (κ3) is 2.66. The molecule has 94 valence electrons. The van der Waals surface area contributed by atoms with Crippen molar-refractivity contribution in [3.63, 3.8) is 0 Å². The molecule has 1 heterocycles. The van der Waals surface area contributed by atoms with E-state index in [1.807, 2.05) is 13.0 Å². The molecule has 1 aromatic rings. The molecular formula is C12H15IO3S. The number of rotatable bonds is 3. The summed E-state index contributed by atoms with van der Waals surface area (Å²) in [6.07, 6.45) is 0.440. The Kier molecular flexibility index (Phi) is 4.10. The minimum atomic E-state index is -3.26. The number of halogens is 1. The first kappa shape index (κ1) is 13.3. The van der Waals surface area contributed by atoms with Gasteiger partial charge in [-0.15, -0.1) is 0 Å². The van der Waals surface area contributed by atoms with Crippen molar-refractivity contribution < 1.29 is 13.2 Å². The van der Waals surface area contributed by atoms with Crippen LogP contribution in [0.4, 0.5) is 0 Å². The van der Waals surface area contributed by atoms with E-state index in [-0.39, 0.29) is 12.2 Å². The molecule has 0 amide bonds. The second-order valence-electron chi connectivity index (χ2n) is 4.25. The number of ether oxygens (including phenoxy) is 1. The molecule has 3 atom stereocenters. The topological polar surface area (TPSA) is 43.4 Å². The Bertz CT molecular complexity index is 472. The molecule has 0 aliphatic carbocycles. The van der Waals surface area contributed by atoms with Crippen molar-refractivity contribution in [1.82, 2.24) is 0 Å². The van der Waals surface area contributed by atoms with Crippen LogP contribution in [0.25, 0.3) is 0 Å². The fourth-order valence-electron chi connectivity index (χ4n) is 2.16. The summed E-state index contributed by atoms with van der Waals surface area (Å²) >= 11 is 2.23. The molecule has 0 N–H and O–H groups in total. The van der Waals surface area contributed by atoms with Crippen LogP contribution in [0.3, 0.4) is 0 Å². The standard InChI is InChI=1S/C12H15IO3S/c1-9-12(7-10(8-13)16-9)17(14,15)11-5-3-2-4-6-11/h2-6,9-10,12H,7-8H2,1H3/t9-,10-,12-/m1/s1. The van der Waals surface area contributed by atoms with Gasteiger partial charge in [-0.05, 0) is 25.5 Å². The van der Waals surface area contributed by atoms with Crippen LogP contribution in [-0.2, 0) is 14.6 Å². The van der Waals surface area contributed by atoms with Crippen molar-refractivity contribution in [2.24, 2.45) is 0 Å². The van der Waals surface area contributed by atoms with Gasteiger partial charge in [-0.25, -0.2) is 8.42 Å². The summed E-state index contributed by atoms with van der Waals surface area (Å²) in [5.41, 5.74) is 0. The third-order valence-corrected chi connectivity index (χ3v) is 6.35. The third-order valence-electron chi connectivity index (χ3n) is 3.07. The van der Waals surface area contributed by atoms with E-state index >= 15 is 0 Å². The highest BCUT2D eigenvalue weighted by molar-refractivity contribution is 14.1. The smallest absolute Gasteiger partial charge is 0.183 e. The summed E-state index contributed by atoms with van der Waals surface area (Å²) in [6.45, 7) is 1.84. The highest BCUT2D eigenvalue weighted by Crippen LogP contribution is 2.31. The van der Waals surface area contributed by atoms with Crippen molar-refractivity contribution in [1.29, 1.82) is 0 Å². The second-order valence-corrected chi connectivity index (χ2v) is 7.30. The highest BCUT2D eigenvalue weighted by atomic mass is 127. The molecule has 0 radical (unpaired) electrons. The average molecular weight is 366 g/mol. The molecule has 0 bridgehead atoms. The molecule has 1 fully saturated rings. The maximum absolute atomic E-state index is 12.4. The molecule has 1 aliphatic heterocycles. The lowest BCUT2D eigenvalue weighted by atomic mass is 10.2. The van der Waals surface area contributed by atoms with Crippen LogP contribution in [0.15, 0.2) is 35.2 Å². The summed E-state index contributed by atoms with van der Waals surface area (Å²) in [5, 5.41) is -0.412. The van der Waals surface area contributed by atoms with Gasteiger partial charge in [-0.1, -0.05) is 40.8 Å². The summed E-state index contributed by atoms with van der Waals surface area (Å²) < 4.78 is 31.3. The largest absolute Gasteiger partial charge is 0.373 e. The first-order valence-electron chi connectivity index (χ1n) is 5.56. The van der Waals surface area contributed by atoms with Crippen LogP contribution in [-0.4, -0.2) is 30.3 Å². The Labute approximate surface area is 116 Å². The maximum Gasteiger partial charge on any atom is 0.183 e. The summed E-state index contributed by atoms with van der Waals surface area (Å²) in [7, 11) is -3.26. The van der Waals surface area contributed by atoms with Gasteiger partial charge in [0.2, 0.25) is 0 Å². The van der Waals surface area contributed by atoms with Gasteiger partial charge >= 0.3 is 0 Å². The van der Waals surface area contributed by atoms with Crippen molar-refractivity contribution in [3.8, 4) is 0 Å². The molecule has 5 heteroatoms. The number of hydrogen-bond acceptors (Lipinski definition) is 3. The van der Waals surface area contributed by atoms with Crippen LogP contribution < -0.4 is 0 Å². The van der Waals surface area contributed by atoms with E-state index in [1.165, 1.54) is 0 Å². The monoisotopic (exact) mass is 366 g/mol. The zero-order valence-corrected chi connectivity index (χ0v) is 12.5. The van der Waals surface area contributed by atoms with E-state index in [1.54, 1.807) is 24.3 Å². The van der Waals surface area contributed by atoms with E-state index in [0.717, 1.165) is 4.43 Å². The SMILES string of the molecule is C[C@H]1O[C@@H](CI)C[C@H]1S(=O)(=O)c1ccccc1. The Balaban J connectivity index is 2.28. The molecule has 1 aromatic carbocycles. The van der Waals surface area contributed by atoms with Gasteiger partial charge in [0.15, 0.2) is 9.84 Å². The lowest BCUT2D eigenvalue weighted by Crippen LogP contribution is -2.28. The van der Waals surface area contributed by atoms with Crippen LogP contribution in [0.1, 0.15) is 13.3 Å². The zero-order chi connectivity index (χ0) is 12.5. The van der Waals surface area contributed by atoms with Gasteiger partial charge in [-0.2, -0.15) is 0 Å². The fourth-order valence-corrected chi connectivity index (χ4v) is 4.65. The molecule has 17 heavy (non-hydrogen) atoms. The Morgan fingerprint density at radius 2 is 2.00 bits per heavy atom. The number of hydrogen-bond donors (Lipinski definition) is 0. The summed E-state index contributed by atoms with van der Waals surface area (Å²) in [5.74, 6) is 0. The molecule has 0 unspecified atom stereocenters. The Morgan fingerprint density at radius 1 is 1.35 bits per heavy atom. The van der Waals surface area contributed by atoms with Crippen LogP contribution in [0, 0.1) is 0 Å². The molecule has 2 rings (SSSR count). The van der Waals surface area contributed by atoms with Crippen LogP contribution in [0.2, 0.25) is 0 Å². The maximum atomic E-state index is 12.4. The van der Waals surface area contributed by atoms with E-state index in [9.17, 15) is 8.42 Å². The van der Waals surface area contributed by atoms with E-state index in [2.05, 4.69) is 22.6 Å². The van der Waals surface area contributed by atoms with Gasteiger partial charge in [0, 0.05) is 4.43 Å². The molecule has 3 nitrogen and oxygen atoms in total. The number of benzene rings is 1.